The molecule has 0 radical (unpaired) electrons. The largest absolute Gasteiger partial charge is 0.371 e. The van der Waals surface area contributed by atoms with Crippen LogP contribution in [0.1, 0.15) is 55.8 Å². The molecule has 1 heterocycles. The molecule has 2 rings (SSSR count). The summed E-state index contributed by atoms with van der Waals surface area (Å²) < 4.78 is 0. The summed E-state index contributed by atoms with van der Waals surface area (Å²) in [4.78, 5) is 29.2. The van der Waals surface area contributed by atoms with Crippen LogP contribution in [0.2, 0.25) is 0 Å². The fraction of sp³-hybridized carbons (Fsp3) is 0.619. The number of benzene rings is 1. The van der Waals surface area contributed by atoms with Crippen LogP contribution in [0.3, 0.4) is 0 Å². The Bertz CT molecular complexity index is 625. The molecule has 0 spiro atoms. The van der Waals surface area contributed by atoms with Crippen molar-refractivity contribution in [3.63, 3.8) is 0 Å². The molecular weight excluding hydrogens is 340 g/mol. The highest BCUT2D eigenvalue weighted by Crippen LogP contribution is 2.27. The normalized spacial score (nSPS) is 13.9. The third kappa shape index (κ3) is 6.86. The minimum absolute atomic E-state index is 0.00288. The van der Waals surface area contributed by atoms with Gasteiger partial charge in [0.1, 0.15) is 0 Å². The number of anilines is 2. The van der Waals surface area contributed by atoms with Crippen molar-refractivity contribution < 1.29 is 9.59 Å². The fourth-order valence-corrected chi connectivity index (χ4v) is 3.28. The average Bonchev–Trinajstić information content (AvgIpc) is 3.17. The molecule has 0 atom stereocenters. The van der Waals surface area contributed by atoms with E-state index in [1.807, 2.05) is 32.3 Å². The predicted molar refractivity (Wildman–Crippen MR) is 112 cm³/mol. The lowest BCUT2D eigenvalue weighted by atomic mass is 10.1. The summed E-state index contributed by atoms with van der Waals surface area (Å²) in [5, 5.41) is 5.96. The molecule has 2 N–H and O–H groups in total. The van der Waals surface area contributed by atoms with Crippen LogP contribution in [0.25, 0.3) is 0 Å². The van der Waals surface area contributed by atoms with E-state index in [4.69, 9.17) is 0 Å². The second-order valence-electron chi connectivity index (χ2n) is 7.49. The molecule has 1 aromatic carbocycles. The van der Waals surface area contributed by atoms with Crippen LogP contribution in [0.5, 0.6) is 0 Å². The van der Waals surface area contributed by atoms with Crippen molar-refractivity contribution in [1.82, 2.24) is 10.2 Å². The molecule has 1 aliphatic rings. The lowest BCUT2D eigenvalue weighted by molar-refractivity contribution is -0.116. The van der Waals surface area contributed by atoms with E-state index in [1.54, 1.807) is 0 Å². The topological polar surface area (TPSA) is 64.7 Å². The number of nitrogens with zero attached hydrogens (tertiary/aromatic N) is 2. The molecule has 0 saturated carbocycles. The highest BCUT2D eigenvalue weighted by atomic mass is 16.2. The monoisotopic (exact) mass is 374 g/mol. The Kier molecular flexibility index (Phi) is 8.58. The van der Waals surface area contributed by atoms with E-state index in [0.29, 0.717) is 24.2 Å². The number of rotatable bonds is 10. The van der Waals surface area contributed by atoms with Crippen molar-refractivity contribution in [2.24, 2.45) is 0 Å². The maximum Gasteiger partial charge on any atom is 0.253 e. The molecule has 1 aliphatic heterocycles. The Hall–Kier alpha value is -2.08. The molecular formula is C21H34N4O2. The summed E-state index contributed by atoms with van der Waals surface area (Å²) in [5.41, 5.74) is 2.30. The summed E-state index contributed by atoms with van der Waals surface area (Å²) in [6.45, 7) is 5.60. The lowest BCUT2D eigenvalue weighted by Gasteiger charge is -2.22. The van der Waals surface area contributed by atoms with Crippen LogP contribution in [0, 0.1) is 0 Å². The Morgan fingerprint density at radius 1 is 1.15 bits per heavy atom. The van der Waals surface area contributed by atoms with Crippen molar-refractivity contribution in [2.45, 2.75) is 45.4 Å². The Morgan fingerprint density at radius 2 is 1.89 bits per heavy atom. The van der Waals surface area contributed by atoms with E-state index in [-0.39, 0.29) is 11.8 Å². The van der Waals surface area contributed by atoms with Gasteiger partial charge in [0.05, 0.1) is 5.56 Å². The summed E-state index contributed by atoms with van der Waals surface area (Å²) in [5.74, 6) is -0.0663. The van der Waals surface area contributed by atoms with Crippen molar-refractivity contribution in [1.29, 1.82) is 0 Å². The quantitative estimate of drug-likeness (QED) is 0.618. The van der Waals surface area contributed by atoms with Gasteiger partial charge in [0, 0.05) is 37.4 Å². The number of amides is 2. The van der Waals surface area contributed by atoms with Gasteiger partial charge in [-0.3, -0.25) is 9.59 Å². The maximum atomic E-state index is 12.8. The van der Waals surface area contributed by atoms with E-state index in [2.05, 4.69) is 27.4 Å². The maximum absolute atomic E-state index is 12.8. The van der Waals surface area contributed by atoms with Crippen LogP contribution in [-0.2, 0) is 4.79 Å². The predicted octanol–water partition coefficient (Wildman–Crippen LogP) is 3.10. The Labute approximate surface area is 163 Å². The van der Waals surface area contributed by atoms with Crippen LogP contribution < -0.4 is 15.5 Å². The molecule has 1 saturated heterocycles. The van der Waals surface area contributed by atoms with Gasteiger partial charge >= 0.3 is 0 Å². The SMILES string of the molecule is CCCCC(=O)Nc1ccc(N2CCCC2)c(C(=O)NCCCN(C)C)c1. The third-order valence-electron chi connectivity index (χ3n) is 4.80. The zero-order valence-corrected chi connectivity index (χ0v) is 17.0. The molecule has 2 amide bonds. The summed E-state index contributed by atoms with van der Waals surface area (Å²) >= 11 is 0. The first-order chi connectivity index (χ1) is 13.0. The van der Waals surface area contributed by atoms with Crippen LogP contribution in [0.15, 0.2) is 18.2 Å². The van der Waals surface area contributed by atoms with Gasteiger partial charge in [-0.2, -0.15) is 0 Å². The van der Waals surface area contributed by atoms with Gasteiger partial charge in [-0.05, 0) is 64.5 Å². The molecule has 6 nitrogen and oxygen atoms in total. The summed E-state index contributed by atoms with van der Waals surface area (Å²) in [6.07, 6.45) is 5.58. The van der Waals surface area contributed by atoms with Crippen molar-refractivity contribution >= 4 is 23.2 Å². The first-order valence-electron chi connectivity index (χ1n) is 10.1. The van der Waals surface area contributed by atoms with Crippen LogP contribution in [-0.4, -0.2) is 57.0 Å². The third-order valence-corrected chi connectivity index (χ3v) is 4.80. The van der Waals surface area contributed by atoms with Gasteiger partial charge in [-0.25, -0.2) is 0 Å². The zero-order chi connectivity index (χ0) is 19.6. The van der Waals surface area contributed by atoms with Gasteiger partial charge in [0.25, 0.3) is 5.91 Å². The van der Waals surface area contributed by atoms with Crippen LogP contribution >= 0.6 is 0 Å². The van der Waals surface area contributed by atoms with E-state index in [1.165, 1.54) is 0 Å². The van der Waals surface area contributed by atoms with E-state index in [9.17, 15) is 9.59 Å². The van der Waals surface area contributed by atoms with E-state index >= 15 is 0 Å². The van der Waals surface area contributed by atoms with Gasteiger partial charge in [0.15, 0.2) is 0 Å². The number of unbranched alkanes of at least 4 members (excludes halogenated alkanes) is 1. The molecule has 1 aromatic rings. The van der Waals surface area contributed by atoms with Crippen molar-refractivity contribution in [2.75, 3.05) is 50.5 Å². The summed E-state index contributed by atoms with van der Waals surface area (Å²) in [7, 11) is 4.05. The standard InChI is InChI=1S/C21H34N4O2/c1-4-5-9-20(26)23-17-10-11-19(25-14-6-7-15-25)18(16-17)21(27)22-12-8-13-24(2)3/h10-11,16H,4-9,12-15H2,1-3H3,(H,22,27)(H,23,26). The second kappa shape index (κ2) is 10.9. The van der Waals surface area contributed by atoms with Gasteiger partial charge in [-0.1, -0.05) is 13.3 Å². The molecule has 1 fully saturated rings. The first kappa shape index (κ1) is 21.2. The summed E-state index contributed by atoms with van der Waals surface area (Å²) in [6, 6.07) is 5.69. The second-order valence-corrected chi connectivity index (χ2v) is 7.49. The molecule has 6 heteroatoms. The van der Waals surface area contributed by atoms with Crippen molar-refractivity contribution in [3.05, 3.63) is 23.8 Å². The molecule has 0 unspecified atom stereocenters. The lowest BCUT2D eigenvalue weighted by Crippen LogP contribution is -2.29. The zero-order valence-electron chi connectivity index (χ0n) is 17.0. The molecule has 150 valence electrons. The minimum Gasteiger partial charge on any atom is -0.371 e. The van der Waals surface area contributed by atoms with Crippen molar-refractivity contribution in [3.8, 4) is 0 Å². The number of hydrogen-bond donors (Lipinski definition) is 2. The van der Waals surface area contributed by atoms with Crippen LogP contribution in [0.4, 0.5) is 11.4 Å². The highest BCUT2D eigenvalue weighted by molar-refractivity contribution is 6.02. The minimum atomic E-state index is -0.0692. The fourth-order valence-electron chi connectivity index (χ4n) is 3.28. The number of hydrogen-bond acceptors (Lipinski definition) is 4. The van der Waals surface area contributed by atoms with Gasteiger partial charge in [0.2, 0.25) is 5.91 Å². The number of nitrogens with one attached hydrogen (secondary N) is 2. The van der Waals surface area contributed by atoms with E-state index in [0.717, 1.165) is 57.4 Å². The smallest absolute Gasteiger partial charge is 0.253 e. The number of carbonyl (C=O) groups excluding carboxylic acids is 2. The molecule has 0 aliphatic carbocycles. The van der Waals surface area contributed by atoms with E-state index < -0.39 is 0 Å². The first-order valence-corrected chi connectivity index (χ1v) is 10.1. The molecule has 27 heavy (non-hydrogen) atoms. The molecule has 0 aromatic heterocycles. The van der Waals surface area contributed by atoms with Gasteiger partial charge < -0.3 is 20.4 Å². The van der Waals surface area contributed by atoms with Gasteiger partial charge in [-0.15, -0.1) is 0 Å². The highest BCUT2D eigenvalue weighted by Gasteiger charge is 2.20. The number of carbonyl (C=O) groups is 2. The molecule has 0 bridgehead atoms. The Morgan fingerprint density at radius 3 is 2.56 bits per heavy atom. The Balaban J connectivity index is 2.10. The average molecular weight is 375 g/mol.